The van der Waals surface area contributed by atoms with E-state index < -0.39 is 0 Å². The monoisotopic (exact) mass is 442 g/mol. The number of aromatic nitrogens is 2. The van der Waals surface area contributed by atoms with E-state index in [9.17, 15) is 4.79 Å². The van der Waals surface area contributed by atoms with Gasteiger partial charge in [0, 0.05) is 11.3 Å². The van der Waals surface area contributed by atoms with Gasteiger partial charge in [-0.2, -0.15) is 5.10 Å². The van der Waals surface area contributed by atoms with Crippen LogP contribution in [0.2, 0.25) is 0 Å². The zero-order chi connectivity index (χ0) is 23.2. The third kappa shape index (κ3) is 3.13. The predicted octanol–water partition coefficient (Wildman–Crippen LogP) is 6.17. The fraction of sp³-hybridized carbons (Fsp3) is 0.0690. The maximum absolute atomic E-state index is 13.3. The van der Waals surface area contributed by atoms with E-state index in [2.05, 4.69) is 40.9 Å². The highest BCUT2D eigenvalue weighted by Gasteiger charge is 2.18. The molecule has 5 heteroatoms. The van der Waals surface area contributed by atoms with Gasteiger partial charge in [0.25, 0.3) is 5.91 Å². The molecule has 2 aromatic heterocycles. The van der Waals surface area contributed by atoms with Crippen molar-refractivity contribution in [2.45, 2.75) is 13.8 Å². The Hall–Kier alpha value is -4.51. The Morgan fingerprint density at radius 3 is 2.26 bits per heavy atom. The first-order chi connectivity index (χ1) is 16.6. The minimum atomic E-state index is -0.279. The van der Waals surface area contributed by atoms with Crippen LogP contribution in [0, 0.1) is 13.8 Å². The van der Waals surface area contributed by atoms with Crippen molar-refractivity contribution < 1.29 is 4.79 Å². The average molecular weight is 443 g/mol. The molecule has 0 unspecified atom stereocenters. The smallest absolute Gasteiger partial charge is 0.275 e. The highest BCUT2D eigenvalue weighted by molar-refractivity contribution is 6.13. The number of carbonyl (C=O) groups is 1. The minimum absolute atomic E-state index is 0.279. The maximum atomic E-state index is 13.3. The zero-order valence-corrected chi connectivity index (χ0v) is 18.9. The summed E-state index contributed by atoms with van der Waals surface area (Å²) in [6.07, 6.45) is 1.74. The normalized spacial score (nSPS) is 11.8. The molecule has 0 atom stereocenters. The Morgan fingerprint density at radius 1 is 0.882 bits per heavy atom. The average Bonchev–Trinajstić information content (AvgIpc) is 3.23. The molecule has 1 amide bonds. The van der Waals surface area contributed by atoms with Crippen LogP contribution in [0.5, 0.6) is 0 Å². The van der Waals surface area contributed by atoms with Gasteiger partial charge in [-0.05, 0) is 65.2 Å². The topological polar surface area (TPSA) is 58.8 Å². The van der Waals surface area contributed by atoms with E-state index in [4.69, 9.17) is 4.98 Å². The number of carbonyl (C=O) groups excluding carboxylic acids is 1. The van der Waals surface area contributed by atoms with Crippen molar-refractivity contribution in [1.29, 1.82) is 0 Å². The van der Waals surface area contributed by atoms with Gasteiger partial charge in [-0.25, -0.2) is 10.4 Å². The van der Waals surface area contributed by atoms with Gasteiger partial charge in [-0.1, -0.05) is 60.7 Å². The molecule has 0 aliphatic heterocycles. The van der Waals surface area contributed by atoms with Crippen molar-refractivity contribution >= 4 is 50.3 Å². The largest absolute Gasteiger partial charge is 0.296 e. The molecule has 1 N–H and O–H groups in total. The van der Waals surface area contributed by atoms with Crippen LogP contribution < -0.4 is 5.43 Å². The second kappa shape index (κ2) is 7.81. The highest BCUT2D eigenvalue weighted by atomic mass is 16.2. The van der Waals surface area contributed by atoms with Crippen molar-refractivity contribution in [3.63, 3.8) is 0 Å². The van der Waals surface area contributed by atoms with Gasteiger partial charge in [0.1, 0.15) is 0 Å². The number of amides is 1. The number of hydrogen-bond acceptors (Lipinski definition) is 3. The van der Waals surface area contributed by atoms with Crippen LogP contribution in [0.25, 0.3) is 38.2 Å². The van der Waals surface area contributed by atoms with E-state index in [0.29, 0.717) is 11.2 Å². The number of imidazole rings is 1. The summed E-state index contributed by atoms with van der Waals surface area (Å²) in [5.74, 6) is -0.279. The number of nitrogens with zero attached hydrogens (tertiary/aromatic N) is 3. The molecule has 164 valence electrons. The van der Waals surface area contributed by atoms with Gasteiger partial charge in [0.15, 0.2) is 5.65 Å². The summed E-state index contributed by atoms with van der Waals surface area (Å²) < 4.78 is 2.03. The molecule has 0 bridgehead atoms. The number of nitrogens with one attached hydrogen (secondary N) is 1. The van der Waals surface area contributed by atoms with Crippen LogP contribution in [-0.2, 0) is 0 Å². The fourth-order valence-corrected chi connectivity index (χ4v) is 4.86. The van der Waals surface area contributed by atoms with Crippen LogP contribution in [-0.4, -0.2) is 21.5 Å². The van der Waals surface area contributed by atoms with E-state index in [1.807, 2.05) is 72.8 Å². The maximum Gasteiger partial charge on any atom is 0.275 e. The number of hydrogen-bond donors (Lipinski definition) is 1. The van der Waals surface area contributed by atoms with Gasteiger partial charge in [0.2, 0.25) is 0 Å². The lowest BCUT2D eigenvalue weighted by atomic mass is 9.97. The summed E-state index contributed by atoms with van der Waals surface area (Å²) in [6.45, 7) is 3.96. The van der Waals surface area contributed by atoms with Crippen LogP contribution in [0.3, 0.4) is 0 Å². The second-order valence-corrected chi connectivity index (χ2v) is 8.53. The summed E-state index contributed by atoms with van der Waals surface area (Å²) in [5, 5.41) is 8.83. The third-order valence-corrected chi connectivity index (χ3v) is 6.36. The Labute approximate surface area is 196 Å². The Morgan fingerprint density at radius 2 is 1.53 bits per heavy atom. The molecule has 0 spiro atoms. The van der Waals surface area contributed by atoms with Crippen molar-refractivity contribution in [2.24, 2.45) is 5.10 Å². The van der Waals surface area contributed by atoms with Crippen LogP contribution >= 0.6 is 0 Å². The Kier molecular flexibility index (Phi) is 4.62. The molecule has 0 aliphatic carbocycles. The number of para-hydroxylation sites is 2. The molecule has 0 saturated carbocycles. The number of benzene rings is 4. The highest BCUT2D eigenvalue weighted by Crippen LogP contribution is 2.27. The molecule has 6 aromatic rings. The van der Waals surface area contributed by atoms with Crippen LogP contribution in [0.1, 0.15) is 27.2 Å². The van der Waals surface area contributed by atoms with Crippen LogP contribution in [0.4, 0.5) is 0 Å². The molecule has 6 rings (SSSR count). The molecule has 4 aromatic carbocycles. The first-order valence-electron chi connectivity index (χ1n) is 11.2. The second-order valence-electron chi connectivity index (χ2n) is 8.53. The van der Waals surface area contributed by atoms with Gasteiger partial charge in [0.05, 0.1) is 22.8 Å². The quantitative estimate of drug-likeness (QED) is 0.202. The first-order valence-corrected chi connectivity index (χ1v) is 11.2. The minimum Gasteiger partial charge on any atom is -0.296 e. The molecular weight excluding hydrogens is 420 g/mol. The SMILES string of the molecule is Cc1cc(C)n2c(nc3ccccc32)c1C(=O)N/N=C\c1c2ccccc2cc2ccccc12. The molecule has 5 nitrogen and oxygen atoms in total. The lowest BCUT2D eigenvalue weighted by molar-refractivity contribution is 0.0955. The molecular formula is C29H22N4O. The lowest BCUT2D eigenvalue weighted by Gasteiger charge is -2.10. The van der Waals surface area contributed by atoms with E-state index in [1.54, 1.807) is 6.21 Å². The lowest BCUT2D eigenvalue weighted by Crippen LogP contribution is -2.20. The predicted molar refractivity (Wildman–Crippen MR) is 139 cm³/mol. The molecule has 0 fully saturated rings. The van der Waals surface area contributed by atoms with E-state index in [-0.39, 0.29) is 5.91 Å². The first kappa shape index (κ1) is 20.1. The van der Waals surface area contributed by atoms with Crippen molar-refractivity contribution in [3.8, 4) is 0 Å². The van der Waals surface area contributed by atoms with Crippen molar-refractivity contribution in [3.05, 3.63) is 107 Å². The molecule has 34 heavy (non-hydrogen) atoms. The van der Waals surface area contributed by atoms with E-state index in [1.165, 1.54) is 0 Å². The van der Waals surface area contributed by atoms with E-state index in [0.717, 1.165) is 49.4 Å². The number of fused-ring (bicyclic) bond motifs is 5. The van der Waals surface area contributed by atoms with Gasteiger partial charge >= 0.3 is 0 Å². The van der Waals surface area contributed by atoms with Crippen molar-refractivity contribution in [1.82, 2.24) is 14.8 Å². The molecule has 2 heterocycles. The number of rotatable bonds is 3. The number of pyridine rings is 1. The standard InChI is InChI=1S/C29H22N4O/c1-18-15-19(2)33-26-14-8-7-13-25(26)31-28(33)27(18)29(34)32-30-17-24-22-11-5-3-9-20(22)16-21-10-4-6-12-23(21)24/h3-17H,1-2H3,(H,32,34)/b30-17-. The third-order valence-electron chi connectivity index (χ3n) is 6.36. The van der Waals surface area contributed by atoms with E-state index >= 15 is 0 Å². The summed E-state index contributed by atoms with van der Waals surface area (Å²) >= 11 is 0. The summed E-state index contributed by atoms with van der Waals surface area (Å²) in [7, 11) is 0. The molecule has 0 saturated heterocycles. The molecule has 0 aliphatic rings. The fourth-order valence-electron chi connectivity index (χ4n) is 4.86. The van der Waals surface area contributed by atoms with Crippen molar-refractivity contribution in [2.75, 3.05) is 0 Å². The summed E-state index contributed by atoms with van der Waals surface area (Å²) in [4.78, 5) is 18.1. The number of aryl methyl sites for hydroxylation is 2. The summed E-state index contributed by atoms with van der Waals surface area (Å²) in [5.41, 5.74) is 8.63. The number of hydrazone groups is 1. The molecule has 0 radical (unpaired) electrons. The zero-order valence-electron chi connectivity index (χ0n) is 18.9. The van der Waals surface area contributed by atoms with Crippen LogP contribution in [0.15, 0.2) is 90.0 Å². The Bertz CT molecular complexity index is 1720. The van der Waals surface area contributed by atoms with Gasteiger partial charge in [-0.15, -0.1) is 0 Å². The van der Waals surface area contributed by atoms with Gasteiger partial charge in [-0.3, -0.25) is 9.20 Å². The Balaban J connectivity index is 1.43. The van der Waals surface area contributed by atoms with Gasteiger partial charge < -0.3 is 0 Å². The summed E-state index contributed by atoms with van der Waals surface area (Å²) in [6, 6.07) is 28.5.